The van der Waals surface area contributed by atoms with Gasteiger partial charge in [0.25, 0.3) is 0 Å². The molecule has 18 heavy (non-hydrogen) atoms. The molecular formula is C12H12BrFN4. The van der Waals surface area contributed by atoms with Crippen molar-refractivity contribution in [2.75, 3.05) is 11.1 Å². The first-order valence-electron chi connectivity index (χ1n) is 5.30. The number of nitrogen functional groups attached to an aromatic ring is 1. The Hall–Kier alpha value is -1.69. The molecule has 0 fully saturated rings. The number of hydrogen-bond donors (Lipinski definition) is 2. The number of benzene rings is 1. The molecule has 2 aromatic rings. The maximum absolute atomic E-state index is 13.0. The molecule has 0 bridgehead atoms. The van der Waals surface area contributed by atoms with Crippen LogP contribution >= 0.6 is 15.9 Å². The number of halogens is 2. The fourth-order valence-corrected chi connectivity index (χ4v) is 1.94. The molecule has 1 heterocycles. The first-order valence-corrected chi connectivity index (χ1v) is 6.09. The van der Waals surface area contributed by atoms with Crippen LogP contribution in [0.2, 0.25) is 0 Å². The summed E-state index contributed by atoms with van der Waals surface area (Å²) in [5, 5.41) is 3.10. The van der Waals surface area contributed by atoms with Crippen molar-refractivity contribution in [1.82, 2.24) is 9.97 Å². The average molecular weight is 311 g/mol. The van der Waals surface area contributed by atoms with Crippen LogP contribution in [0.3, 0.4) is 0 Å². The van der Waals surface area contributed by atoms with Crippen LogP contribution in [-0.2, 0) is 0 Å². The minimum atomic E-state index is -0.303. The second-order valence-corrected chi connectivity index (χ2v) is 4.73. The van der Waals surface area contributed by atoms with Crippen LogP contribution in [0, 0.1) is 19.7 Å². The molecule has 94 valence electrons. The van der Waals surface area contributed by atoms with Crippen LogP contribution < -0.4 is 11.1 Å². The maximum Gasteiger partial charge on any atom is 0.139 e. The molecule has 4 nitrogen and oxygen atoms in total. The third-order valence-electron chi connectivity index (χ3n) is 2.48. The van der Waals surface area contributed by atoms with Gasteiger partial charge in [0.05, 0.1) is 5.69 Å². The van der Waals surface area contributed by atoms with Crippen LogP contribution in [0.4, 0.5) is 21.7 Å². The summed E-state index contributed by atoms with van der Waals surface area (Å²) in [5.74, 6) is 1.33. The average Bonchev–Trinajstić information content (AvgIpc) is 2.29. The molecule has 0 atom stereocenters. The van der Waals surface area contributed by atoms with Crippen LogP contribution in [0.25, 0.3) is 0 Å². The third kappa shape index (κ3) is 2.59. The van der Waals surface area contributed by atoms with Gasteiger partial charge in [-0.05, 0) is 48.0 Å². The smallest absolute Gasteiger partial charge is 0.139 e. The van der Waals surface area contributed by atoms with Crippen molar-refractivity contribution in [2.45, 2.75) is 13.8 Å². The van der Waals surface area contributed by atoms with Gasteiger partial charge in [0.1, 0.15) is 23.3 Å². The first-order chi connectivity index (χ1) is 8.47. The molecule has 3 N–H and O–H groups in total. The quantitative estimate of drug-likeness (QED) is 0.893. The van der Waals surface area contributed by atoms with Crippen LogP contribution in [0.15, 0.2) is 22.7 Å². The predicted molar refractivity (Wildman–Crippen MR) is 73.3 cm³/mol. The Bertz CT molecular complexity index is 601. The highest BCUT2D eigenvalue weighted by molar-refractivity contribution is 9.10. The van der Waals surface area contributed by atoms with E-state index in [2.05, 4.69) is 31.2 Å². The van der Waals surface area contributed by atoms with E-state index in [0.717, 1.165) is 11.3 Å². The number of nitrogens with two attached hydrogens (primary N) is 1. The van der Waals surface area contributed by atoms with Crippen LogP contribution in [0.5, 0.6) is 0 Å². The molecule has 0 unspecified atom stereocenters. The molecule has 0 aliphatic carbocycles. The van der Waals surface area contributed by atoms with E-state index in [1.54, 1.807) is 13.0 Å². The molecule has 0 aliphatic heterocycles. The Labute approximate surface area is 113 Å². The number of nitrogens with one attached hydrogen (secondary N) is 1. The summed E-state index contributed by atoms with van der Waals surface area (Å²) in [7, 11) is 0. The first kappa shape index (κ1) is 12.8. The second kappa shape index (κ2) is 4.89. The second-order valence-electron chi connectivity index (χ2n) is 3.88. The molecule has 6 heteroatoms. The zero-order valence-electron chi connectivity index (χ0n) is 9.96. The van der Waals surface area contributed by atoms with E-state index in [4.69, 9.17) is 5.73 Å². The summed E-state index contributed by atoms with van der Waals surface area (Å²) < 4.78 is 13.6. The summed E-state index contributed by atoms with van der Waals surface area (Å²) >= 11 is 3.29. The van der Waals surface area contributed by atoms with Gasteiger partial charge >= 0.3 is 0 Å². The predicted octanol–water partition coefficient (Wildman–Crippen LogP) is 3.32. The highest BCUT2D eigenvalue weighted by atomic mass is 79.9. The van der Waals surface area contributed by atoms with Crippen LogP contribution in [0.1, 0.15) is 11.4 Å². The number of rotatable bonds is 2. The molecule has 0 spiro atoms. The largest absolute Gasteiger partial charge is 0.383 e. The van der Waals surface area contributed by atoms with Crippen molar-refractivity contribution in [3.63, 3.8) is 0 Å². The van der Waals surface area contributed by atoms with Crippen molar-refractivity contribution in [2.24, 2.45) is 0 Å². The van der Waals surface area contributed by atoms with Crippen molar-refractivity contribution in [3.05, 3.63) is 39.9 Å². The van der Waals surface area contributed by atoms with Crippen LogP contribution in [-0.4, -0.2) is 9.97 Å². The highest BCUT2D eigenvalue weighted by Gasteiger charge is 2.09. The summed E-state index contributed by atoms with van der Waals surface area (Å²) in [6, 6.07) is 4.39. The SMILES string of the molecule is Cc1nc(N)c(C)c(Nc2ccc(F)cc2Br)n1. The van der Waals surface area contributed by atoms with E-state index >= 15 is 0 Å². The Morgan fingerprint density at radius 3 is 2.67 bits per heavy atom. The Balaban J connectivity index is 2.40. The van der Waals surface area contributed by atoms with E-state index < -0.39 is 0 Å². The van der Waals surface area contributed by atoms with Crippen molar-refractivity contribution < 1.29 is 4.39 Å². The van der Waals surface area contributed by atoms with Gasteiger partial charge in [0.2, 0.25) is 0 Å². The van der Waals surface area contributed by atoms with Crippen molar-refractivity contribution >= 4 is 33.3 Å². The van der Waals surface area contributed by atoms with Gasteiger partial charge in [0.15, 0.2) is 0 Å². The third-order valence-corrected chi connectivity index (χ3v) is 3.14. The number of aryl methyl sites for hydroxylation is 1. The van der Waals surface area contributed by atoms with Gasteiger partial charge < -0.3 is 11.1 Å². The van der Waals surface area contributed by atoms with Gasteiger partial charge in [-0.1, -0.05) is 0 Å². The normalized spacial score (nSPS) is 10.4. The van der Waals surface area contributed by atoms with Gasteiger partial charge in [-0.2, -0.15) is 0 Å². The molecule has 0 aliphatic rings. The number of nitrogens with zero attached hydrogens (tertiary/aromatic N) is 2. The van der Waals surface area contributed by atoms with E-state index in [-0.39, 0.29) is 5.82 Å². The molecule has 1 aromatic carbocycles. The number of anilines is 3. The summed E-state index contributed by atoms with van der Waals surface area (Å²) in [6.07, 6.45) is 0. The summed E-state index contributed by atoms with van der Waals surface area (Å²) in [6.45, 7) is 3.59. The van der Waals surface area contributed by atoms with Gasteiger partial charge in [-0.3, -0.25) is 0 Å². The highest BCUT2D eigenvalue weighted by Crippen LogP contribution is 2.28. The van der Waals surface area contributed by atoms with Crippen molar-refractivity contribution in [1.29, 1.82) is 0 Å². The van der Waals surface area contributed by atoms with Gasteiger partial charge in [-0.25, -0.2) is 14.4 Å². The molecule has 0 saturated carbocycles. The molecule has 0 amide bonds. The molecule has 0 saturated heterocycles. The van der Waals surface area contributed by atoms with E-state index in [1.165, 1.54) is 12.1 Å². The Morgan fingerprint density at radius 1 is 1.28 bits per heavy atom. The lowest BCUT2D eigenvalue weighted by molar-refractivity contribution is 0.627. The standard InChI is InChI=1S/C12H12BrFN4/c1-6-11(15)16-7(2)17-12(6)18-10-4-3-8(14)5-9(10)13/h3-5H,1-2H3,(H3,15,16,17,18). The van der Waals surface area contributed by atoms with Gasteiger partial charge in [-0.15, -0.1) is 0 Å². The van der Waals surface area contributed by atoms with Gasteiger partial charge in [0, 0.05) is 10.0 Å². The van der Waals surface area contributed by atoms with Crippen molar-refractivity contribution in [3.8, 4) is 0 Å². The minimum Gasteiger partial charge on any atom is -0.383 e. The monoisotopic (exact) mass is 310 g/mol. The fraction of sp³-hybridized carbons (Fsp3) is 0.167. The topological polar surface area (TPSA) is 63.8 Å². The molecule has 0 radical (unpaired) electrons. The summed E-state index contributed by atoms with van der Waals surface area (Å²) in [4.78, 5) is 8.34. The Kier molecular flexibility index (Phi) is 3.47. The number of hydrogen-bond acceptors (Lipinski definition) is 4. The van der Waals surface area contributed by atoms with E-state index in [9.17, 15) is 4.39 Å². The lowest BCUT2D eigenvalue weighted by Crippen LogP contribution is -2.05. The zero-order chi connectivity index (χ0) is 13.3. The summed E-state index contributed by atoms with van der Waals surface area (Å²) in [5.41, 5.74) is 7.25. The molecular weight excluding hydrogens is 299 g/mol. The number of aromatic nitrogens is 2. The maximum atomic E-state index is 13.0. The lowest BCUT2D eigenvalue weighted by atomic mass is 10.2. The Morgan fingerprint density at radius 2 is 2.00 bits per heavy atom. The molecule has 2 rings (SSSR count). The minimum absolute atomic E-state index is 0.303. The lowest BCUT2D eigenvalue weighted by Gasteiger charge is -2.12. The zero-order valence-corrected chi connectivity index (χ0v) is 11.5. The molecule has 1 aromatic heterocycles. The fourth-order valence-electron chi connectivity index (χ4n) is 1.49. The van der Waals surface area contributed by atoms with E-state index in [1.807, 2.05) is 6.92 Å². The van der Waals surface area contributed by atoms with E-state index in [0.29, 0.717) is 21.9 Å².